The third-order valence-electron chi connectivity index (χ3n) is 3.72. The van der Waals surface area contributed by atoms with Crippen molar-refractivity contribution in [3.8, 4) is 0 Å². The summed E-state index contributed by atoms with van der Waals surface area (Å²) in [4.78, 5) is 0. The minimum Gasteiger partial charge on any atom is -0.386 e. The molecule has 1 aliphatic carbocycles. The van der Waals surface area contributed by atoms with Crippen molar-refractivity contribution in [3.05, 3.63) is 0 Å². The van der Waals surface area contributed by atoms with Gasteiger partial charge in [-0.25, -0.2) is 4.72 Å². The molecular weight excluding hydrogens is 252 g/mol. The Balaban J connectivity index is 2.81. The Labute approximate surface area is 109 Å². The van der Waals surface area contributed by atoms with Gasteiger partial charge < -0.3 is 5.73 Å². The lowest BCUT2D eigenvalue weighted by Crippen LogP contribution is -2.60. The number of hydrogen-bond acceptors (Lipinski definition) is 3. The van der Waals surface area contributed by atoms with E-state index in [0.717, 1.165) is 19.3 Å². The molecule has 0 aliphatic heterocycles. The van der Waals surface area contributed by atoms with Crippen LogP contribution in [0.1, 0.15) is 46.0 Å². The smallest absolute Gasteiger partial charge is 0.277 e. The number of rotatable bonds is 6. The van der Waals surface area contributed by atoms with Crippen LogP contribution in [-0.2, 0) is 10.2 Å². The normalized spacial score (nSPS) is 29.1. The lowest BCUT2D eigenvalue weighted by Gasteiger charge is -2.39. The van der Waals surface area contributed by atoms with E-state index in [1.165, 1.54) is 0 Å². The summed E-state index contributed by atoms with van der Waals surface area (Å²) < 4.78 is 28.5. The van der Waals surface area contributed by atoms with Gasteiger partial charge in [0.1, 0.15) is 5.84 Å². The maximum atomic E-state index is 11.8. The summed E-state index contributed by atoms with van der Waals surface area (Å²) in [7, 11) is -3.58. The molecule has 0 aromatic heterocycles. The third-order valence-corrected chi connectivity index (χ3v) is 5.04. The van der Waals surface area contributed by atoms with Crippen molar-refractivity contribution < 1.29 is 8.42 Å². The maximum Gasteiger partial charge on any atom is 0.277 e. The molecule has 0 saturated heterocycles. The van der Waals surface area contributed by atoms with Crippen molar-refractivity contribution in [2.75, 3.05) is 6.54 Å². The Bertz CT molecular complexity index is 386. The molecule has 7 heteroatoms. The molecule has 0 amide bonds. The summed E-state index contributed by atoms with van der Waals surface area (Å²) in [6.45, 7) is 4.17. The minimum absolute atomic E-state index is 0.0847. The molecule has 0 heterocycles. The quantitative estimate of drug-likeness (QED) is 0.423. The fourth-order valence-electron chi connectivity index (χ4n) is 2.49. The van der Waals surface area contributed by atoms with Gasteiger partial charge in [0, 0.05) is 6.54 Å². The van der Waals surface area contributed by atoms with E-state index in [1.54, 1.807) is 6.92 Å². The van der Waals surface area contributed by atoms with Crippen molar-refractivity contribution in [2.24, 2.45) is 11.7 Å². The van der Waals surface area contributed by atoms with Gasteiger partial charge in [0.05, 0.1) is 5.54 Å². The SMILES string of the molecule is CCNS(=O)(=O)NC1(C(=N)N)CCC(CC)CC1. The molecule has 0 spiro atoms. The van der Waals surface area contributed by atoms with Crippen LogP contribution in [0.2, 0.25) is 0 Å². The van der Waals surface area contributed by atoms with E-state index in [9.17, 15) is 8.42 Å². The van der Waals surface area contributed by atoms with Gasteiger partial charge >= 0.3 is 0 Å². The van der Waals surface area contributed by atoms with Crippen LogP contribution in [0.4, 0.5) is 0 Å². The first-order valence-corrected chi connectivity index (χ1v) is 7.96. The van der Waals surface area contributed by atoms with E-state index in [0.29, 0.717) is 25.3 Å². The van der Waals surface area contributed by atoms with E-state index in [4.69, 9.17) is 11.1 Å². The highest BCUT2D eigenvalue weighted by molar-refractivity contribution is 7.87. The standard InChI is InChI=1S/C11H24N4O2S/c1-3-9-5-7-11(8-6-9,10(12)13)15-18(16,17)14-4-2/h9,14-15H,3-8H2,1-2H3,(H3,12,13). The Hall–Kier alpha value is -0.660. The van der Waals surface area contributed by atoms with E-state index >= 15 is 0 Å². The summed E-state index contributed by atoms with van der Waals surface area (Å²) >= 11 is 0. The molecular formula is C11H24N4O2S. The fraction of sp³-hybridized carbons (Fsp3) is 0.909. The van der Waals surface area contributed by atoms with Crippen molar-refractivity contribution in [1.82, 2.24) is 9.44 Å². The predicted octanol–water partition coefficient (Wildman–Crippen LogP) is 0.705. The topological polar surface area (TPSA) is 108 Å². The molecule has 0 atom stereocenters. The molecule has 1 fully saturated rings. The largest absolute Gasteiger partial charge is 0.386 e. The van der Waals surface area contributed by atoms with Gasteiger partial charge in [0.2, 0.25) is 0 Å². The number of nitrogens with two attached hydrogens (primary N) is 1. The van der Waals surface area contributed by atoms with Crippen molar-refractivity contribution in [1.29, 1.82) is 5.41 Å². The van der Waals surface area contributed by atoms with Gasteiger partial charge in [-0.05, 0) is 31.6 Å². The van der Waals surface area contributed by atoms with Crippen molar-refractivity contribution in [3.63, 3.8) is 0 Å². The van der Waals surface area contributed by atoms with Crippen LogP contribution in [0.15, 0.2) is 0 Å². The summed E-state index contributed by atoms with van der Waals surface area (Å²) in [6, 6.07) is 0. The number of nitrogens with one attached hydrogen (secondary N) is 3. The number of amidine groups is 1. The van der Waals surface area contributed by atoms with Crippen LogP contribution in [0.5, 0.6) is 0 Å². The van der Waals surface area contributed by atoms with Crippen LogP contribution in [0.3, 0.4) is 0 Å². The predicted molar refractivity (Wildman–Crippen MR) is 72.6 cm³/mol. The Morgan fingerprint density at radius 1 is 1.39 bits per heavy atom. The second-order valence-corrected chi connectivity index (χ2v) is 6.45. The Morgan fingerprint density at radius 3 is 2.33 bits per heavy atom. The molecule has 1 aliphatic rings. The number of hydrogen-bond donors (Lipinski definition) is 4. The second kappa shape index (κ2) is 5.99. The van der Waals surface area contributed by atoms with Crippen LogP contribution in [0, 0.1) is 11.3 Å². The highest BCUT2D eigenvalue weighted by atomic mass is 32.2. The van der Waals surface area contributed by atoms with Gasteiger partial charge in [-0.3, -0.25) is 5.41 Å². The zero-order valence-corrected chi connectivity index (χ0v) is 11.9. The van der Waals surface area contributed by atoms with E-state index in [1.807, 2.05) is 0 Å². The molecule has 0 aromatic rings. The van der Waals surface area contributed by atoms with Crippen LogP contribution in [0.25, 0.3) is 0 Å². The lowest BCUT2D eigenvalue weighted by atomic mass is 9.75. The van der Waals surface area contributed by atoms with Gasteiger partial charge in [0.25, 0.3) is 10.2 Å². The molecule has 5 N–H and O–H groups in total. The minimum atomic E-state index is -3.58. The first kappa shape index (κ1) is 15.4. The van der Waals surface area contributed by atoms with Gasteiger partial charge in [-0.2, -0.15) is 13.1 Å². The molecule has 0 radical (unpaired) electrons. The first-order chi connectivity index (χ1) is 8.35. The average molecular weight is 276 g/mol. The van der Waals surface area contributed by atoms with Crippen molar-refractivity contribution in [2.45, 2.75) is 51.5 Å². The van der Waals surface area contributed by atoms with Crippen LogP contribution >= 0.6 is 0 Å². The van der Waals surface area contributed by atoms with Crippen LogP contribution in [-0.4, -0.2) is 26.3 Å². The molecule has 1 saturated carbocycles. The van der Waals surface area contributed by atoms with E-state index in [2.05, 4.69) is 16.4 Å². The average Bonchev–Trinajstić information content (AvgIpc) is 2.29. The molecule has 6 nitrogen and oxygen atoms in total. The van der Waals surface area contributed by atoms with Crippen LogP contribution < -0.4 is 15.2 Å². The molecule has 1 rings (SSSR count). The zero-order chi connectivity index (χ0) is 13.8. The van der Waals surface area contributed by atoms with E-state index < -0.39 is 15.7 Å². The lowest BCUT2D eigenvalue weighted by molar-refractivity contribution is 0.265. The Morgan fingerprint density at radius 2 is 1.94 bits per heavy atom. The summed E-state index contributed by atoms with van der Waals surface area (Å²) in [5.74, 6) is 0.527. The molecule has 0 bridgehead atoms. The van der Waals surface area contributed by atoms with Gasteiger partial charge in [-0.15, -0.1) is 0 Å². The highest BCUT2D eigenvalue weighted by Gasteiger charge is 2.40. The highest BCUT2D eigenvalue weighted by Crippen LogP contribution is 2.34. The Kier molecular flexibility index (Phi) is 5.12. The molecule has 0 aromatic carbocycles. The maximum absolute atomic E-state index is 11.8. The molecule has 0 unspecified atom stereocenters. The fourth-order valence-corrected chi connectivity index (χ4v) is 3.77. The zero-order valence-electron chi connectivity index (χ0n) is 11.1. The summed E-state index contributed by atoms with van der Waals surface area (Å²) in [5, 5.41) is 7.69. The third kappa shape index (κ3) is 3.66. The van der Waals surface area contributed by atoms with Gasteiger partial charge in [0.15, 0.2) is 0 Å². The summed E-state index contributed by atoms with van der Waals surface area (Å²) in [5.41, 5.74) is 4.72. The van der Waals surface area contributed by atoms with E-state index in [-0.39, 0.29) is 5.84 Å². The van der Waals surface area contributed by atoms with Crippen molar-refractivity contribution >= 4 is 16.0 Å². The summed E-state index contributed by atoms with van der Waals surface area (Å²) in [6.07, 6.45) is 4.11. The molecule has 106 valence electrons. The second-order valence-electron chi connectivity index (χ2n) is 4.95. The molecule has 18 heavy (non-hydrogen) atoms. The van der Waals surface area contributed by atoms with Gasteiger partial charge in [-0.1, -0.05) is 20.3 Å². The first-order valence-electron chi connectivity index (χ1n) is 6.48. The monoisotopic (exact) mass is 276 g/mol.